The van der Waals surface area contributed by atoms with Gasteiger partial charge in [0, 0.05) is 24.6 Å². The van der Waals surface area contributed by atoms with Crippen molar-refractivity contribution in [3.63, 3.8) is 0 Å². The minimum atomic E-state index is -4.45. The van der Waals surface area contributed by atoms with Crippen LogP contribution in [0.2, 0.25) is 0 Å². The van der Waals surface area contributed by atoms with Gasteiger partial charge in [-0.15, -0.1) is 5.10 Å². The highest BCUT2D eigenvalue weighted by molar-refractivity contribution is 7.10. The Morgan fingerprint density at radius 3 is 2.83 bits per heavy atom. The topological polar surface area (TPSA) is 84.7 Å². The lowest BCUT2D eigenvalue weighted by atomic mass is 10.2. The summed E-state index contributed by atoms with van der Waals surface area (Å²) in [6, 6.07) is 0.541. The van der Waals surface area contributed by atoms with Gasteiger partial charge in [-0.2, -0.15) is 18.3 Å². The molecule has 0 radical (unpaired) electrons. The smallest absolute Gasteiger partial charge is 0.338 e. The van der Waals surface area contributed by atoms with Gasteiger partial charge >= 0.3 is 12.2 Å². The molecule has 0 saturated heterocycles. The van der Waals surface area contributed by atoms with Gasteiger partial charge in [0.25, 0.3) is 0 Å². The van der Waals surface area contributed by atoms with Gasteiger partial charge in [-0.3, -0.25) is 10.00 Å². The van der Waals surface area contributed by atoms with Crippen LogP contribution >= 0.6 is 11.5 Å². The molecule has 0 bridgehead atoms. The molecule has 2 aromatic heterocycles. The molecular formula is C12H15F3N6OS. The molecule has 0 aromatic carbocycles. The number of anilines is 1. The molecule has 2 heterocycles. The number of halogens is 3. The van der Waals surface area contributed by atoms with Crippen LogP contribution in [0.3, 0.4) is 0 Å². The summed E-state index contributed by atoms with van der Waals surface area (Å²) < 4.78 is 43.2. The number of nitrogens with one attached hydrogen (secondary N) is 2. The lowest BCUT2D eigenvalue weighted by molar-refractivity contribution is -0.144. The third-order valence-electron chi connectivity index (χ3n) is 2.89. The molecule has 1 atom stereocenters. The highest BCUT2D eigenvalue weighted by Gasteiger charge is 2.35. The molecule has 0 aliphatic heterocycles. The number of carbonyl (C=O) groups is 1. The molecule has 0 unspecified atom stereocenters. The lowest BCUT2D eigenvalue weighted by Gasteiger charge is -2.16. The summed E-state index contributed by atoms with van der Waals surface area (Å²) in [5, 5.41) is 13.0. The summed E-state index contributed by atoms with van der Waals surface area (Å²) in [5.41, 5.74) is -0.491. The molecule has 2 rings (SSSR count). The molecule has 0 spiro atoms. The number of rotatable bonds is 5. The van der Waals surface area contributed by atoms with Gasteiger partial charge in [0.2, 0.25) is 0 Å². The molecule has 2 amide bonds. The number of alkyl halides is 3. The summed E-state index contributed by atoms with van der Waals surface area (Å²) in [6.45, 7) is 3.48. The number of aromatic nitrogens is 4. The Kier molecular flexibility index (Phi) is 5.19. The Hall–Kier alpha value is -2.17. The Morgan fingerprint density at radius 2 is 2.22 bits per heavy atom. The monoisotopic (exact) mass is 348 g/mol. The van der Waals surface area contributed by atoms with Crippen LogP contribution < -0.4 is 10.6 Å². The zero-order valence-corrected chi connectivity index (χ0v) is 13.2. The van der Waals surface area contributed by atoms with E-state index in [1.54, 1.807) is 6.92 Å². The molecule has 11 heteroatoms. The fraction of sp³-hybridized carbons (Fsp3) is 0.500. The fourth-order valence-corrected chi connectivity index (χ4v) is 2.33. The SMILES string of the molecule is Cc1cc(C(F)(F)F)n(C[C@H](C)CNC(=O)Nc2cnns2)n1. The van der Waals surface area contributed by atoms with Gasteiger partial charge in [0.1, 0.15) is 10.7 Å². The van der Waals surface area contributed by atoms with E-state index in [0.717, 1.165) is 22.3 Å². The van der Waals surface area contributed by atoms with Crippen molar-refractivity contribution in [2.75, 3.05) is 11.9 Å². The third kappa shape index (κ3) is 4.91. The molecule has 0 fully saturated rings. The second-order valence-electron chi connectivity index (χ2n) is 5.07. The number of nitrogens with zero attached hydrogens (tertiary/aromatic N) is 4. The van der Waals surface area contributed by atoms with E-state index in [1.165, 1.54) is 13.1 Å². The highest BCUT2D eigenvalue weighted by atomic mass is 32.1. The van der Waals surface area contributed by atoms with Crippen LogP contribution in [0.4, 0.5) is 23.0 Å². The normalized spacial score (nSPS) is 12.9. The number of hydrogen-bond acceptors (Lipinski definition) is 5. The van der Waals surface area contributed by atoms with Gasteiger partial charge in [0.05, 0.1) is 11.9 Å². The number of aryl methyl sites for hydroxylation is 1. The maximum absolute atomic E-state index is 12.9. The minimum absolute atomic E-state index is 0.0467. The van der Waals surface area contributed by atoms with Gasteiger partial charge < -0.3 is 5.32 Å². The van der Waals surface area contributed by atoms with Crippen LogP contribution in [0.5, 0.6) is 0 Å². The Balaban J connectivity index is 1.87. The van der Waals surface area contributed by atoms with Crippen LogP contribution in [-0.2, 0) is 12.7 Å². The van der Waals surface area contributed by atoms with Crippen molar-refractivity contribution >= 4 is 22.6 Å². The summed E-state index contributed by atoms with van der Waals surface area (Å²) in [6.07, 6.45) is -3.05. The number of hydrogen-bond donors (Lipinski definition) is 2. The highest BCUT2D eigenvalue weighted by Crippen LogP contribution is 2.30. The van der Waals surface area contributed by atoms with E-state index in [4.69, 9.17) is 0 Å². The van der Waals surface area contributed by atoms with E-state index < -0.39 is 17.9 Å². The Morgan fingerprint density at radius 1 is 1.48 bits per heavy atom. The maximum Gasteiger partial charge on any atom is 0.433 e. The number of carbonyl (C=O) groups excluding carboxylic acids is 1. The molecule has 2 N–H and O–H groups in total. The predicted octanol–water partition coefficient (Wildman–Crippen LogP) is 2.52. The van der Waals surface area contributed by atoms with Crippen molar-refractivity contribution in [3.8, 4) is 0 Å². The third-order valence-corrected chi connectivity index (χ3v) is 3.47. The molecule has 0 saturated carbocycles. The minimum Gasteiger partial charge on any atom is -0.338 e. The first-order chi connectivity index (χ1) is 10.8. The average molecular weight is 348 g/mol. The van der Waals surface area contributed by atoms with Gasteiger partial charge in [-0.05, 0) is 18.9 Å². The van der Waals surface area contributed by atoms with E-state index in [0.29, 0.717) is 10.7 Å². The van der Waals surface area contributed by atoms with Crippen LogP contribution in [0.15, 0.2) is 12.3 Å². The van der Waals surface area contributed by atoms with Gasteiger partial charge in [0.15, 0.2) is 0 Å². The number of amides is 2. The van der Waals surface area contributed by atoms with E-state index >= 15 is 0 Å². The molecular weight excluding hydrogens is 333 g/mol. The average Bonchev–Trinajstić information content (AvgIpc) is 3.05. The second kappa shape index (κ2) is 6.94. The summed E-state index contributed by atoms with van der Waals surface area (Å²) in [5.74, 6) is -0.235. The van der Waals surface area contributed by atoms with E-state index in [1.807, 2.05) is 0 Å². The van der Waals surface area contributed by atoms with E-state index in [-0.39, 0.29) is 19.0 Å². The summed E-state index contributed by atoms with van der Waals surface area (Å²) in [4.78, 5) is 11.6. The largest absolute Gasteiger partial charge is 0.433 e. The van der Waals surface area contributed by atoms with Crippen LogP contribution in [-0.4, -0.2) is 31.9 Å². The molecule has 0 aliphatic rings. The van der Waals surface area contributed by atoms with Gasteiger partial charge in [-0.1, -0.05) is 11.4 Å². The zero-order valence-electron chi connectivity index (χ0n) is 12.4. The van der Waals surface area contributed by atoms with Crippen molar-refractivity contribution in [1.29, 1.82) is 0 Å². The first-order valence-corrected chi connectivity index (χ1v) is 7.47. The van der Waals surface area contributed by atoms with E-state index in [9.17, 15) is 18.0 Å². The molecule has 23 heavy (non-hydrogen) atoms. The van der Waals surface area contributed by atoms with Crippen molar-refractivity contribution in [2.45, 2.75) is 26.6 Å². The van der Waals surface area contributed by atoms with Crippen molar-refractivity contribution in [2.24, 2.45) is 5.92 Å². The van der Waals surface area contributed by atoms with Crippen LogP contribution in [0.25, 0.3) is 0 Å². The first-order valence-electron chi connectivity index (χ1n) is 6.69. The van der Waals surface area contributed by atoms with Crippen molar-refractivity contribution in [1.82, 2.24) is 24.7 Å². The Labute approximate surface area is 134 Å². The standard InChI is InChI=1S/C12H15F3N6OS/c1-7(4-16-11(22)18-10-5-17-20-23-10)6-21-9(12(13,14)15)3-8(2)19-21/h3,5,7H,4,6H2,1-2H3,(H2,16,18,22)/t7-/m1/s1. The Bertz CT molecular complexity index is 654. The van der Waals surface area contributed by atoms with Crippen LogP contribution in [0, 0.1) is 12.8 Å². The fourth-order valence-electron chi connectivity index (χ4n) is 1.92. The predicted molar refractivity (Wildman–Crippen MR) is 78.1 cm³/mol. The second-order valence-corrected chi connectivity index (χ2v) is 5.86. The first kappa shape index (κ1) is 17.2. The lowest BCUT2D eigenvalue weighted by Crippen LogP contribution is -2.33. The quantitative estimate of drug-likeness (QED) is 0.869. The van der Waals surface area contributed by atoms with E-state index in [2.05, 4.69) is 25.3 Å². The maximum atomic E-state index is 12.9. The zero-order chi connectivity index (χ0) is 17.0. The number of urea groups is 1. The van der Waals surface area contributed by atoms with Gasteiger partial charge in [-0.25, -0.2) is 4.79 Å². The summed E-state index contributed by atoms with van der Waals surface area (Å²) in [7, 11) is 0. The molecule has 0 aliphatic carbocycles. The van der Waals surface area contributed by atoms with Crippen molar-refractivity contribution < 1.29 is 18.0 Å². The molecule has 126 valence electrons. The molecule has 2 aromatic rings. The van der Waals surface area contributed by atoms with Crippen molar-refractivity contribution in [3.05, 3.63) is 23.7 Å². The molecule has 7 nitrogen and oxygen atoms in total. The van der Waals surface area contributed by atoms with Crippen LogP contribution in [0.1, 0.15) is 18.3 Å². The summed E-state index contributed by atoms with van der Waals surface area (Å²) >= 11 is 1.02.